The smallest absolute Gasteiger partial charge is 0.322 e. The average Bonchev–Trinajstić information content (AvgIpc) is 2.25. The topological polar surface area (TPSA) is 92.4 Å². The van der Waals surface area contributed by atoms with E-state index in [2.05, 4.69) is 5.32 Å². The Bertz CT molecular complexity index is 404. The Balaban J connectivity index is 2.60. The van der Waals surface area contributed by atoms with Gasteiger partial charge >= 0.3 is 5.97 Å². The zero-order chi connectivity index (χ0) is 12.1. The molecule has 0 radical (unpaired) electrons. The molecule has 0 aliphatic rings. The van der Waals surface area contributed by atoms with Crippen LogP contribution in [0.3, 0.4) is 0 Å². The molecule has 0 unspecified atom stereocenters. The number of benzene rings is 1. The summed E-state index contributed by atoms with van der Waals surface area (Å²) < 4.78 is 0. The van der Waals surface area contributed by atoms with Gasteiger partial charge in [0.15, 0.2) is 0 Å². The molecular formula is C11H14N2O3. The lowest BCUT2D eigenvalue weighted by atomic mass is 10.1. The number of aliphatic carboxylic acids is 1. The highest BCUT2D eigenvalue weighted by Crippen LogP contribution is 2.06. The molecule has 0 aliphatic carbocycles. The minimum atomic E-state index is -1.13. The summed E-state index contributed by atoms with van der Waals surface area (Å²) in [6.07, 6.45) is 0. The van der Waals surface area contributed by atoms with Gasteiger partial charge in [0.1, 0.15) is 6.04 Å². The van der Waals surface area contributed by atoms with E-state index in [4.69, 9.17) is 10.8 Å². The molecule has 16 heavy (non-hydrogen) atoms. The van der Waals surface area contributed by atoms with Crippen molar-refractivity contribution in [2.75, 3.05) is 6.54 Å². The highest BCUT2D eigenvalue weighted by Gasteiger charge is 2.14. The molecule has 1 aromatic carbocycles. The van der Waals surface area contributed by atoms with Crippen LogP contribution in [-0.4, -0.2) is 29.6 Å². The molecule has 1 atom stereocenters. The van der Waals surface area contributed by atoms with Crippen molar-refractivity contribution in [3.8, 4) is 0 Å². The molecule has 5 heteroatoms. The third-order valence-corrected chi connectivity index (χ3v) is 2.19. The first-order valence-corrected chi connectivity index (χ1v) is 4.84. The molecule has 0 aliphatic heterocycles. The lowest BCUT2D eigenvalue weighted by molar-refractivity contribution is -0.138. The van der Waals surface area contributed by atoms with E-state index in [9.17, 15) is 9.59 Å². The molecular weight excluding hydrogens is 208 g/mol. The van der Waals surface area contributed by atoms with Crippen molar-refractivity contribution in [2.24, 2.45) is 5.73 Å². The number of hydrogen-bond donors (Lipinski definition) is 3. The number of aryl methyl sites for hydroxylation is 1. The minimum absolute atomic E-state index is 0.0809. The molecule has 1 rings (SSSR count). The minimum Gasteiger partial charge on any atom is -0.480 e. The average molecular weight is 222 g/mol. The van der Waals surface area contributed by atoms with E-state index in [0.717, 1.165) is 5.56 Å². The second-order valence-electron chi connectivity index (χ2n) is 3.47. The molecule has 0 saturated heterocycles. The van der Waals surface area contributed by atoms with Gasteiger partial charge in [-0.1, -0.05) is 18.2 Å². The second kappa shape index (κ2) is 5.27. The largest absolute Gasteiger partial charge is 0.480 e. The maximum Gasteiger partial charge on any atom is 0.322 e. The summed E-state index contributed by atoms with van der Waals surface area (Å²) in [5.41, 5.74) is 6.63. The van der Waals surface area contributed by atoms with Crippen molar-refractivity contribution in [3.63, 3.8) is 0 Å². The number of carbonyl (C=O) groups is 2. The van der Waals surface area contributed by atoms with Crippen LogP contribution in [0.5, 0.6) is 0 Å². The van der Waals surface area contributed by atoms with Gasteiger partial charge in [-0.25, -0.2) is 0 Å². The van der Waals surface area contributed by atoms with Gasteiger partial charge in [-0.2, -0.15) is 0 Å². The fourth-order valence-corrected chi connectivity index (χ4v) is 1.21. The van der Waals surface area contributed by atoms with E-state index < -0.39 is 12.0 Å². The Morgan fingerprint density at radius 3 is 2.62 bits per heavy atom. The fraction of sp³-hybridized carbons (Fsp3) is 0.273. The summed E-state index contributed by atoms with van der Waals surface area (Å²) in [5, 5.41) is 11.0. The van der Waals surface area contributed by atoms with E-state index in [1.54, 1.807) is 12.1 Å². The molecule has 0 aromatic heterocycles. The normalized spacial score (nSPS) is 11.9. The molecule has 1 aromatic rings. The zero-order valence-corrected chi connectivity index (χ0v) is 8.93. The number of nitrogens with two attached hydrogens (primary N) is 1. The molecule has 0 spiro atoms. The molecule has 0 heterocycles. The zero-order valence-electron chi connectivity index (χ0n) is 8.93. The van der Waals surface area contributed by atoms with Crippen LogP contribution in [-0.2, 0) is 4.79 Å². The van der Waals surface area contributed by atoms with E-state index in [0.29, 0.717) is 5.56 Å². The predicted octanol–water partition coefficient (Wildman–Crippen LogP) is 0.137. The lowest BCUT2D eigenvalue weighted by Crippen LogP contribution is -2.42. The third kappa shape index (κ3) is 3.06. The van der Waals surface area contributed by atoms with Gasteiger partial charge in [0.05, 0.1) is 0 Å². The van der Waals surface area contributed by atoms with Gasteiger partial charge in [0, 0.05) is 12.1 Å². The monoisotopic (exact) mass is 222 g/mol. The summed E-state index contributed by atoms with van der Waals surface area (Å²) in [5.74, 6) is -1.44. The number of hydrogen-bond acceptors (Lipinski definition) is 3. The third-order valence-electron chi connectivity index (χ3n) is 2.19. The van der Waals surface area contributed by atoms with Gasteiger partial charge in [-0.3, -0.25) is 9.59 Å². The fourth-order valence-electron chi connectivity index (χ4n) is 1.21. The van der Waals surface area contributed by atoms with Crippen molar-refractivity contribution in [1.29, 1.82) is 0 Å². The summed E-state index contributed by atoms with van der Waals surface area (Å²) in [7, 11) is 0. The maximum atomic E-state index is 11.6. The molecule has 5 nitrogen and oxygen atoms in total. The van der Waals surface area contributed by atoms with Crippen molar-refractivity contribution in [1.82, 2.24) is 5.32 Å². The Kier molecular flexibility index (Phi) is 4.02. The van der Waals surface area contributed by atoms with Gasteiger partial charge in [-0.15, -0.1) is 0 Å². The number of amides is 1. The first-order chi connectivity index (χ1) is 7.52. The summed E-state index contributed by atoms with van der Waals surface area (Å²) >= 11 is 0. The first-order valence-electron chi connectivity index (χ1n) is 4.84. The van der Waals surface area contributed by atoms with Gasteiger partial charge in [0.25, 0.3) is 5.91 Å². The van der Waals surface area contributed by atoms with E-state index in [-0.39, 0.29) is 12.5 Å². The van der Waals surface area contributed by atoms with E-state index in [1.807, 2.05) is 19.1 Å². The first kappa shape index (κ1) is 12.2. The number of rotatable bonds is 4. The molecule has 4 N–H and O–H groups in total. The van der Waals surface area contributed by atoms with Gasteiger partial charge < -0.3 is 16.2 Å². The van der Waals surface area contributed by atoms with Crippen LogP contribution in [0.4, 0.5) is 0 Å². The molecule has 0 bridgehead atoms. The van der Waals surface area contributed by atoms with Crippen molar-refractivity contribution < 1.29 is 14.7 Å². The molecule has 86 valence electrons. The lowest BCUT2D eigenvalue weighted by Gasteiger charge is -2.09. The number of nitrogens with one attached hydrogen (secondary N) is 1. The maximum absolute atomic E-state index is 11.6. The van der Waals surface area contributed by atoms with Crippen LogP contribution >= 0.6 is 0 Å². The van der Waals surface area contributed by atoms with Crippen molar-refractivity contribution in [2.45, 2.75) is 13.0 Å². The van der Waals surface area contributed by atoms with Crippen LogP contribution < -0.4 is 11.1 Å². The quantitative estimate of drug-likeness (QED) is 0.675. The highest BCUT2D eigenvalue weighted by molar-refractivity contribution is 5.95. The summed E-state index contributed by atoms with van der Waals surface area (Å²) in [6, 6.07) is 5.99. The SMILES string of the molecule is Cc1ccccc1C(=O)NC[C@H](N)C(=O)O. The predicted molar refractivity (Wildman–Crippen MR) is 59.1 cm³/mol. The van der Waals surface area contributed by atoms with E-state index in [1.165, 1.54) is 0 Å². The van der Waals surface area contributed by atoms with Crippen molar-refractivity contribution >= 4 is 11.9 Å². The van der Waals surface area contributed by atoms with Gasteiger partial charge in [-0.05, 0) is 18.6 Å². The standard InChI is InChI=1S/C11H14N2O3/c1-7-4-2-3-5-8(7)10(14)13-6-9(12)11(15)16/h2-5,9H,6,12H2,1H3,(H,13,14)(H,15,16)/t9-/m0/s1. The van der Waals surface area contributed by atoms with Gasteiger partial charge in [0.2, 0.25) is 0 Å². The second-order valence-corrected chi connectivity index (χ2v) is 3.47. The number of carboxylic acid groups (broad SMARTS) is 1. The molecule has 0 fully saturated rings. The molecule has 1 amide bonds. The number of carboxylic acids is 1. The van der Waals surface area contributed by atoms with Crippen LogP contribution in [0.1, 0.15) is 15.9 Å². The van der Waals surface area contributed by atoms with Crippen molar-refractivity contribution in [3.05, 3.63) is 35.4 Å². The van der Waals surface area contributed by atoms with Crippen LogP contribution in [0.15, 0.2) is 24.3 Å². The Hall–Kier alpha value is -1.88. The van der Waals surface area contributed by atoms with E-state index >= 15 is 0 Å². The Morgan fingerprint density at radius 1 is 1.44 bits per heavy atom. The van der Waals surface area contributed by atoms with Crippen LogP contribution in [0.2, 0.25) is 0 Å². The molecule has 0 saturated carbocycles. The number of carbonyl (C=O) groups excluding carboxylic acids is 1. The summed E-state index contributed by atoms with van der Waals surface area (Å²) in [6.45, 7) is 1.73. The highest BCUT2D eigenvalue weighted by atomic mass is 16.4. The Morgan fingerprint density at radius 2 is 2.06 bits per heavy atom. The van der Waals surface area contributed by atoms with Crippen LogP contribution in [0, 0.1) is 6.92 Å². The summed E-state index contributed by atoms with van der Waals surface area (Å²) in [4.78, 5) is 22.1. The Labute approximate surface area is 93.3 Å². The van der Waals surface area contributed by atoms with Crippen LogP contribution in [0.25, 0.3) is 0 Å².